The van der Waals surface area contributed by atoms with Crippen molar-refractivity contribution < 1.29 is 15.0 Å². The average molecular weight is 494 g/mol. The lowest BCUT2D eigenvalue weighted by Gasteiger charge is -2.22. The molecule has 2 heterocycles. The highest BCUT2D eigenvalue weighted by molar-refractivity contribution is 5.99. The zero-order valence-corrected chi connectivity index (χ0v) is 20.3. The number of phenolic OH excluding ortho intramolecular Hbond substituents is 1. The molecule has 3 aromatic rings. The molecule has 0 radical (unpaired) electrons. The Labute approximate surface area is 208 Å². The number of anilines is 3. The van der Waals surface area contributed by atoms with Gasteiger partial charge in [0.1, 0.15) is 11.4 Å². The molecular weight excluding hydrogens is 462 g/mol. The van der Waals surface area contributed by atoms with E-state index in [1.165, 1.54) is 19.2 Å². The fraction of sp³-hybridized carbons (Fsp3) is 0.346. The topological polar surface area (TPSA) is 140 Å². The molecule has 4 rings (SSSR count). The van der Waals surface area contributed by atoms with Crippen LogP contribution in [0.4, 0.5) is 17.1 Å². The number of hydrogen-bond acceptors (Lipinski definition) is 7. The number of likely N-dealkylation sites (tertiary alicyclic amines) is 1. The SMILES string of the molecule is CC[C@@H](Nc1c(Nc2cccc(C(=O)N3CC[C@H](CO)C3)c2O)c(=O)[nH]n(C)c1=O)c1ccccc1. The van der Waals surface area contributed by atoms with Gasteiger partial charge in [-0.3, -0.25) is 24.2 Å². The molecule has 1 fully saturated rings. The van der Waals surface area contributed by atoms with Gasteiger partial charge in [0.2, 0.25) is 0 Å². The van der Waals surface area contributed by atoms with Gasteiger partial charge in [0.15, 0.2) is 5.75 Å². The van der Waals surface area contributed by atoms with E-state index >= 15 is 0 Å². The summed E-state index contributed by atoms with van der Waals surface area (Å²) in [6.07, 6.45) is 1.35. The summed E-state index contributed by atoms with van der Waals surface area (Å²) in [6, 6.07) is 14.0. The molecular formula is C26H31N5O5. The van der Waals surface area contributed by atoms with Crippen LogP contribution in [0.1, 0.15) is 41.7 Å². The monoisotopic (exact) mass is 493 g/mol. The Hall–Kier alpha value is -4.05. The highest BCUT2D eigenvalue weighted by Gasteiger charge is 2.29. The number of carbonyl (C=O) groups excluding carboxylic acids is 1. The zero-order chi connectivity index (χ0) is 25.8. The van der Waals surface area contributed by atoms with Crippen LogP contribution < -0.4 is 21.8 Å². The van der Waals surface area contributed by atoms with Gasteiger partial charge in [-0.1, -0.05) is 43.3 Å². The molecule has 2 aromatic carbocycles. The fourth-order valence-corrected chi connectivity index (χ4v) is 4.47. The van der Waals surface area contributed by atoms with E-state index in [2.05, 4.69) is 15.7 Å². The van der Waals surface area contributed by atoms with Gasteiger partial charge in [-0.15, -0.1) is 0 Å². The number of nitrogens with zero attached hydrogens (tertiary/aromatic N) is 2. The van der Waals surface area contributed by atoms with E-state index in [-0.39, 0.29) is 52.8 Å². The normalized spacial score (nSPS) is 16.1. The van der Waals surface area contributed by atoms with Gasteiger partial charge in [-0.05, 0) is 30.5 Å². The van der Waals surface area contributed by atoms with Crippen LogP contribution in [0.2, 0.25) is 0 Å². The quantitative estimate of drug-likeness (QED) is 0.304. The minimum atomic E-state index is -0.566. The summed E-state index contributed by atoms with van der Waals surface area (Å²) in [5.41, 5.74) is 0.120. The molecule has 10 heteroatoms. The number of para-hydroxylation sites is 1. The smallest absolute Gasteiger partial charge is 0.290 e. The fourth-order valence-electron chi connectivity index (χ4n) is 4.47. The number of hydrogen-bond donors (Lipinski definition) is 5. The highest BCUT2D eigenvalue weighted by atomic mass is 16.3. The molecule has 10 nitrogen and oxygen atoms in total. The van der Waals surface area contributed by atoms with Crippen molar-refractivity contribution in [2.45, 2.75) is 25.8 Å². The average Bonchev–Trinajstić information content (AvgIpc) is 3.38. The second-order valence-electron chi connectivity index (χ2n) is 8.99. The minimum Gasteiger partial charge on any atom is -0.505 e. The van der Waals surface area contributed by atoms with E-state index in [9.17, 15) is 24.6 Å². The number of aromatic nitrogens is 2. The summed E-state index contributed by atoms with van der Waals surface area (Å²) in [5.74, 6) is -0.671. The third-order valence-electron chi connectivity index (χ3n) is 6.55. The largest absolute Gasteiger partial charge is 0.505 e. The first-order valence-corrected chi connectivity index (χ1v) is 12.0. The highest BCUT2D eigenvalue weighted by Crippen LogP contribution is 2.33. The van der Waals surface area contributed by atoms with Crippen molar-refractivity contribution in [1.29, 1.82) is 0 Å². The van der Waals surface area contributed by atoms with Gasteiger partial charge in [0.05, 0.1) is 17.3 Å². The molecule has 0 saturated carbocycles. The molecule has 0 unspecified atom stereocenters. The maximum absolute atomic E-state index is 13.1. The van der Waals surface area contributed by atoms with Crippen LogP contribution in [0, 0.1) is 5.92 Å². The number of aryl methyl sites for hydroxylation is 1. The number of benzene rings is 2. The van der Waals surface area contributed by atoms with Crippen molar-refractivity contribution in [3.8, 4) is 5.75 Å². The lowest BCUT2D eigenvalue weighted by molar-refractivity contribution is 0.0779. The Morgan fingerprint density at radius 1 is 1.14 bits per heavy atom. The van der Waals surface area contributed by atoms with Crippen LogP contribution in [-0.4, -0.2) is 50.5 Å². The Morgan fingerprint density at radius 2 is 1.89 bits per heavy atom. The molecule has 2 atom stereocenters. The van der Waals surface area contributed by atoms with Crippen molar-refractivity contribution >= 4 is 23.0 Å². The third kappa shape index (κ3) is 4.99. The molecule has 1 aliphatic heterocycles. The molecule has 190 valence electrons. The lowest BCUT2D eigenvalue weighted by atomic mass is 10.0. The van der Waals surface area contributed by atoms with E-state index < -0.39 is 11.1 Å². The molecule has 0 aliphatic carbocycles. The summed E-state index contributed by atoms with van der Waals surface area (Å²) >= 11 is 0. The van der Waals surface area contributed by atoms with E-state index in [0.29, 0.717) is 25.9 Å². The van der Waals surface area contributed by atoms with Gasteiger partial charge in [-0.2, -0.15) is 0 Å². The number of H-pyrrole nitrogens is 1. The standard InChI is InChI=1S/C26H31N5O5/c1-3-19(17-8-5-4-6-9-17)27-22-21(24(34)29-30(2)26(22)36)28-20-11-7-10-18(23(20)33)25(35)31-13-12-16(14-31)15-32/h4-11,16,19,27-28,32-33H,3,12-15H2,1-2H3,(H,29,34)/t16-,19+/m0/s1. The number of aliphatic hydroxyl groups is 1. The van der Waals surface area contributed by atoms with Crippen LogP contribution in [0.3, 0.4) is 0 Å². The molecule has 1 saturated heterocycles. The van der Waals surface area contributed by atoms with Crippen molar-refractivity contribution in [3.05, 3.63) is 80.4 Å². The van der Waals surface area contributed by atoms with Gasteiger partial charge < -0.3 is 25.7 Å². The molecule has 1 aliphatic rings. The zero-order valence-electron chi connectivity index (χ0n) is 20.3. The third-order valence-corrected chi connectivity index (χ3v) is 6.55. The Morgan fingerprint density at radius 3 is 2.56 bits per heavy atom. The number of phenols is 1. The summed E-state index contributed by atoms with van der Waals surface area (Å²) in [4.78, 5) is 40.6. The van der Waals surface area contributed by atoms with Crippen LogP contribution in [0.15, 0.2) is 58.1 Å². The summed E-state index contributed by atoms with van der Waals surface area (Å²) in [7, 11) is 1.45. The predicted octanol–water partition coefficient (Wildman–Crippen LogP) is 2.54. The molecule has 0 spiro atoms. The second-order valence-corrected chi connectivity index (χ2v) is 8.99. The number of carbonyl (C=O) groups is 1. The maximum Gasteiger partial charge on any atom is 0.290 e. The summed E-state index contributed by atoms with van der Waals surface area (Å²) in [6.45, 7) is 2.87. The van der Waals surface area contributed by atoms with Gasteiger partial charge in [-0.25, -0.2) is 0 Å². The van der Waals surface area contributed by atoms with Crippen molar-refractivity contribution in [2.24, 2.45) is 13.0 Å². The van der Waals surface area contributed by atoms with Gasteiger partial charge in [0, 0.05) is 32.7 Å². The van der Waals surface area contributed by atoms with E-state index in [1.54, 1.807) is 11.0 Å². The van der Waals surface area contributed by atoms with Crippen LogP contribution >= 0.6 is 0 Å². The molecule has 0 bridgehead atoms. The van der Waals surface area contributed by atoms with Crippen LogP contribution in [0.25, 0.3) is 0 Å². The molecule has 36 heavy (non-hydrogen) atoms. The van der Waals surface area contributed by atoms with E-state index in [1.807, 2.05) is 37.3 Å². The van der Waals surface area contributed by atoms with Crippen molar-refractivity contribution in [3.63, 3.8) is 0 Å². The Balaban J connectivity index is 1.69. The van der Waals surface area contributed by atoms with Gasteiger partial charge >= 0.3 is 0 Å². The Bertz CT molecular complexity index is 1350. The summed E-state index contributed by atoms with van der Waals surface area (Å²) in [5, 5.41) is 28.9. The van der Waals surface area contributed by atoms with Gasteiger partial charge in [0.25, 0.3) is 17.0 Å². The first-order valence-electron chi connectivity index (χ1n) is 12.0. The molecule has 1 amide bonds. The number of nitrogens with one attached hydrogen (secondary N) is 3. The van der Waals surface area contributed by atoms with Crippen molar-refractivity contribution in [1.82, 2.24) is 14.7 Å². The predicted molar refractivity (Wildman–Crippen MR) is 138 cm³/mol. The van der Waals surface area contributed by atoms with E-state index in [0.717, 1.165) is 10.2 Å². The van der Waals surface area contributed by atoms with Crippen molar-refractivity contribution in [2.75, 3.05) is 30.3 Å². The second kappa shape index (κ2) is 10.7. The van der Waals surface area contributed by atoms with Crippen LogP contribution in [-0.2, 0) is 7.05 Å². The van der Waals surface area contributed by atoms with Crippen LogP contribution in [0.5, 0.6) is 5.75 Å². The summed E-state index contributed by atoms with van der Waals surface area (Å²) < 4.78 is 1.10. The maximum atomic E-state index is 13.1. The Kier molecular flexibility index (Phi) is 7.44. The lowest BCUT2D eigenvalue weighted by Crippen LogP contribution is -2.32. The van der Waals surface area contributed by atoms with E-state index in [4.69, 9.17) is 0 Å². The first kappa shape index (κ1) is 25.1. The number of aromatic amines is 1. The molecule has 1 aromatic heterocycles. The minimum absolute atomic E-state index is 0.000606. The number of rotatable bonds is 8. The number of aliphatic hydroxyl groups excluding tert-OH is 1. The first-order chi connectivity index (χ1) is 17.3. The number of amides is 1. The molecule has 5 N–H and O–H groups in total. The number of aromatic hydroxyl groups is 1.